The average molecular weight is 423 g/mol. The molecule has 5 nitrogen and oxygen atoms in total. The second-order valence-electron chi connectivity index (χ2n) is 6.20. The van der Waals surface area contributed by atoms with Gasteiger partial charge in [0.2, 0.25) is 5.91 Å². The van der Waals surface area contributed by atoms with Gasteiger partial charge in [0.1, 0.15) is 12.3 Å². The molecule has 1 aromatic rings. The van der Waals surface area contributed by atoms with Crippen molar-refractivity contribution < 1.29 is 26.9 Å². The quantitative estimate of drug-likeness (QED) is 0.710. The van der Waals surface area contributed by atoms with E-state index in [0.717, 1.165) is 6.92 Å². The number of hydrogen-bond donors (Lipinski definition) is 1. The van der Waals surface area contributed by atoms with Crippen LogP contribution in [0.5, 0.6) is 5.75 Å². The Kier molecular flexibility index (Phi) is 7.12. The van der Waals surface area contributed by atoms with Crippen LogP contribution in [0, 0.1) is 17.2 Å². The first-order valence-electron chi connectivity index (χ1n) is 8.21. The van der Waals surface area contributed by atoms with E-state index in [4.69, 9.17) is 21.6 Å². The highest BCUT2D eigenvalue weighted by molar-refractivity contribution is 7.85. The Labute approximate surface area is 162 Å². The largest absolute Gasteiger partial charge is 0.481 e. The van der Waals surface area contributed by atoms with Gasteiger partial charge < -0.3 is 10.1 Å². The molecule has 27 heavy (non-hydrogen) atoms. The molecule has 148 valence electrons. The fraction of sp³-hybridized carbons (Fsp3) is 0.529. The van der Waals surface area contributed by atoms with Crippen molar-refractivity contribution in [1.82, 2.24) is 5.32 Å². The summed E-state index contributed by atoms with van der Waals surface area (Å²) in [7, 11) is -1.51. The van der Waals surface area contributed by atoms with Crippen LogP contribution < -0.4 is 10.1 Å². The Bertz CT molecular complexity index is 767. The smallest absolute Gasteiger partial charge is 0.425 e. The zero-order valence-corrected chi connectivity index (χ0v) is 16.0. The van der Waals surface area contributed by atoms with E-state index in [0.29, 0.717) is 24.2 Å². The van der Waals surface area contributed by atoms with E-state index in [9.17, 15) is 22.2 Å². The van der Waals surface area contributed by atoms with E-state index in [2.05, 4.69) is 5.32 Å². The number of nitriles is 1. The van der Waals surface area contributed by atoms with Gasteiger partial charge in [-0.2, -0.15) is 18.4 Å². The molecule has 0 aliphatic heterocycles. The standard InChI is InChI=1S/C17H18ClF3N2O3S/c1-10(17(19,20)21)26-12-3-5-15(14(18)9-12)27(25)13-4-2-11(8-13)16(24)23-7-6-22/h3,5,9-11,13H,2,4,7-8H2,1H3,(H,23,24). The number of hydrogen-bond acceptors (Lipinski definition) is 4. The molecule has 0 bridgehead atoms. The molecule has 1 aliphatic rings. The zero-order chi connectivity index (χ0) is 20.2. The van der Waals surface area contributed by atoms with Crippen molar-refractivity contribution in [2.24, 2.45) is 5.92 Å². The number of carbonyl (C=O) groups is 1. The lowest BCUT2D eigenvalue weighted by Gasteiger charge is -2.18. The number of ether oxygens (including phenoxy) is 1. The van der Waals surface area contributed by atoms with Gasteiger partial charge in [0.15, 0.2) is 6.10 Å². The highest BCUT2D eigenvalue weighted by atomic mass is 35.5. The molecule has 0 heterocycles. The summed E-state index contributed by atoms with van der Waals surface area (Å²) in [5.41, 5.74) is 0. The molecular weight excluding hydrogens is 405 g/mol. The summed E-state index contributed by atoms with van der Waals surface area (Å²) in [5.74, 6) is -0.626. The van der Waals surface area contributed by atoms with Crippen LogP contribution in [0.1, 0.15) is 26.2 Å². The van der Waals surface area contributed by atoms with E-state index in [-0.39, 0.29) is 34.4 Å². The minimum Gasteiger partial charge on any atom is -0.481 e. The number of nitrogens with zero attached hydrogens (tertiary/aromatic N) is 1. The summed E-state index contributed by atoms with van der Waals surface area (Å²) in [6.45, 7) is 0.808. The van der Waals surface area contributed by atoms with E-state index in [1.807, 2.05) is 6.07 Å². The Balaban J connectivity index is 2.03. The molecule has 0 spiro atoms. The summed E-state index contributed by atoms with van der Waals surface area (Å²) >= 11 is 6.10. The van der Waals surface area contributed by atoms with E-state index >= 15 is 0 Å². The zero-order valence-electron chi connectivity index (χ0n) is 14.4. The third kappa shape index (κ3) is 5.59. The van der Waals surface area contributed by atoms with E-state index < -0.39 is 23.1 Å². The Morgan fingerprint density at radius 1 is 1.48 bits per heavy atom. The molecule has 2 rings (SSSR count). The monoisotopic (exact) mass is 422 g/mol. The molecule has 0 radical (unpaired) electrons. The van der Waals surface area contributed by atoms with Crippen LogP contribution in [0.25, 0.3) is 0 Å². The van der Waals surface area contributed by atoms with Crippen LogP contribution in [0.3, 0.4) is 0 Å². The van der Waals surface area contributed by atoms with Gasteiger partial charge in [-0.05, 0) is 44.4 Å². The molecule has 10 heteroatoms. The van der Waals surface area contributed by atoms with Crippen LogP contribution in [-0.2, 0) is 15.6 Å². The van der Waals surface area contributed by atoms with Gasteiger partial charge in [0, 0.05) is 11.2 Å². The number of rotatable bonds is 6. The molecule has 1 N–H and O–H groups in total. The van der Waals surface area contributed by atoms with Gasteiger partial charge in [-0.25, -0.2) is 0 Å². The first-order valence-corrected chi connectivity index (χ1v) is 9.80. The number of benzene rings is 1. The van der Waals surface area contributed by atoms with Gasteiger partial charge in [-0.1, -0.05) is 11.6 Å². The lowest BCUT2D eigenvalue weighted by molar-refractivity contribution is -0.189. The van der Waals surface area contributed by atoms with Crippen LogP contribution in [0.15, 0.2) is 23.1 Å². The predicted octanol–water partition coefficient (Wildman–Crippen LogP) is 3.59. The molecule has 4 unspecified atom stereocenters. The fourth-order valence-corrected chi connectivity index (χ4v) is 4.78. The van der Waals surface area contributed by atoms with Crippen molar-refractivity contribution in [2.75, 3.05) is 6.54 Å². The highest BCUT2D eigenvalue weighted by Gasteiger charge is 2.38. The molecule has 1 saturated carbocycles. The number of carbonyl (C=O) groups excluding carboxylic acids is 1. The second kappa shape index (κ2) is 8.93. The molecular formula is C17H18ClF3N2O3S. The third-order valence-corrected chi connectivity index (χ3v) is 6.54. The average Bonchev–Trinajstić information content (AvgIpc) is 3.08. The summed E-state index contributed by atoms with van der Waals surface area (Å²) in [4.78, 5) is 12.2. The van der Waals surface area contributed by atoms with Crippen molar-refractivity contribution in [2.45, 2.75) is 48.6 Å². The Hall–Kier alpha value is -1.79. The molecule has 1 aromatic carbocycles. The molecule has 1 amide bonds. The third-order valence-electron chi connectivity index (χ3n) is 4.29. The van der Waals surface area contributed by atoms with Crippen LogP contribution >= 0.6 is 11.6 Å². The SMILES string of the molecule is CC(Oc1ccc(S(=O)C2CCC(C(=O)NCC#N)C2)c(Cl)c1)C(F)(F)F. The van der Waals surface area contributed by atoms with Crippen molar-refractivity contribution >= 4 is 28.3 Å². The van der Waals surface area contributed by atoms with Gasteiger partial charge >= 0.3 is 6.18 Å². The van der Waals surface area contributed by atoms with Crippen molar-refractivity contribution in [3.63, 3.8) is 0 Å². The van der Waals surface area contributed by atoms with Crippen LogP contribution in [0.2, 0.25) is 5.02 Å². The normalized spacial score (nSPS) is 21.9. The molecule has 1 aliphatic carbocycles. The fourth-order valence-electron chi connectivity index (χ4n) is 2.81. The molecule has 0 aromatic heterocycles. The maximum atomic E-state index is 12.8. The van der Waals surface area contributed by atoms with Crippen molar-refractivity contribution in [1.29, 1.82) is 5.26 Å². The van der Waals surface area contributed by atoms with Gasteiger partial charge in [0.05, 0.1) is 26.8 Å². The van der Waals surface area contributed by atoms with Gasteiger partial charge in [-0.15, -0.1) is 0 Å². The molecule has 1 fully saturated rings. The van der Waals surface area contributed by atoms with Crippen LogP contribution in [0.4, 0.5) is 13.2 Å². The topological polar surface area (TPSA) is 79.2 Å². The summed E-state index contributed by atoms with van der Waals surface area (Å²) in [5, 5.41) is 10.8. The first kappa shape index (κ1) is 21.5. The van der Waals surface area contributed by atoms with Crippen molar-refractivity contribution in [3.8, 4) is 11.8 Å². The van der Waals surface area contributed by atoms with E-state index in [1.54, 1.807) is 0 Å². The lowest BCUT2D eigenvalue weighted by atomic mass is 10.1. The van der Waals surface area contributed by atoms with Crippen LogP contribution in [-0.4, -0.2) is 34.2 Å². The summed E-state index contributed by atoms with van der Waals surface area (Å²) in [6.07, 6.45) is -5.00. The Morgan fingerprint density at radius 2 is 2.19 bits per heavy atom. The maximum absolute atomic E-state index is 12.8. The second-order valence-corrected chi connectivity index (χ2v) is 8.31. The number of halogens is 4. The summed E-state index contributed by atoms with van der Waals surface area (Å²) < 4.78 is 55.3. The number of alkyl halides is 3. The number of amides is 1. The first-order chi connectivity index (χ1) is 12.6. The lowest BCUT2D eigenvalue weighted by Crippen LogP contribution is -2.31. The van der Waals surface area contributed by atoms with Crippen molar-refractivity contribution in [3.05, 3.63) is 23.2 Å². The highest BCUT2D eigenvalue weighted by Crippen LogP contribution is 2.35. The number of nitrogens with one attached hydrogen (secondary N) is 1. The Morgan fingerprint density at radius 3 is 2.78 bits per heavy atom. The van der Waals surface area contributed by atoms with Gasteiger partial charge in [0.25, 0.3) is 0 Å². The maximum Gasteiger partial charge on any atom is 0.425 e. The predicted molar refractivity (Wildman–Crippen MR) is 93.8 cm³/mol. The van der Waals surface area contributed by atoms with Gasteiger partial charge in [-0.3, -0.25) is 9.00 Å². The minimum atomic E-state index is -4.50. The minimum absolute atomic E-state index is 0.0533. The molecule has 0 saturated heterocycles. The summed E-state index contributed by atoms with van der Waals surface area (Å²) in [6, 6.07) is 5.72. The molecule has 4 atom stereocenters. The van der Waals surface area contributed by atoms with E-state index in [1.165, 1.54) is 18.2 Å².